The van der Waals surface area contributed by atoms with E-state index in [2.05, 4.69) is 20.8 Å². The minimum absolute atomic E-state index is 0.0590. The molecule has 0 atom stereocenters. The molecule has 0 rings (SSSR count). The molecule has 6 nitrogen and oxygen atoms in total. The van der Waals surface area contributed by atoms with Gasteiger partial charge in [-0.1, -0.05) is 137 Å². The molecule has 0 aromatic heterocycles. The third-order valence-electron chi connectivity index (χ3n) is 7.14. The molecule has 0 saturated carbocycles. The van der Waals surface area contributed by atoms with Crippen molar-refractivity contribution in [1.82, 2.24) is 0 Å². The smallest absolute Gasteiger partial charge is 0.335 e. The second kappa shape index (κ2) is 25.7. The minimum atomic E-state index is -2.03. The fraction of sp³-hybridized carbons (Fsp3) is 0.906. The van der Waals surface area contributed by atoms with Gasteiger partial charge in [-0.05, 0) is 25.7 Å². The van der Waals surface area contributed by atoms with Crippen LogP contribution in [0.25, 0.3) is 0 Å². The molecule has 0 aliphatic carbocycles. The highest BCUT2D eigenvalue weighted by Gasteiger charge is 2.56. The van der Waals surface area contributed by atoms with Gasteiger partial charge in [-0.2, -0.15) is 0 Å². The van der Waals surface area contributed by atoms with Crippen molar-refractivity contribution in [2.45, 2.75) is 163 Å². The molecule has 0 bridgehead atoms. The summed E-state index contributed by atoms with van der Waals surface area (Å²) in [5.41, 5.74) is -2.03. The van der Waals surface area contributed by atoms with Crippen LogP contribution >= 0.6 is 0 Å². The Labute approximate surface area is 234 Å². The van der Waals surface area contributed by atoms with Crippen LogP contribution in [0.3, 0.4) is 0 Å². The van der Waals surface area contributed by atoms with Crippen LogP contribution in [0.2, 0.25) is 0 Å². The average Bonchev–Trinajstić information content (AvgIpc) is 2.91. The number of esters is 3. The van der Waals surface area contributed by atoms with Crippen molar-refractivity contribution in [3.63, 3.8) is 0 Å². The van der Waals surface area contributed by atoms with E-state index in [0.717, 1.165) is 64.2 Å². The monoisotopic (exact) mass is 540 g/mol. The number of hydrogen-bond donors (Lipinski definition) is 0. The predicted octanol–water partition coefficient (Wildman–Crippen LogP) is 8.87. The van der Waals surface area contributed by atoms with Crippen molar-refractivity contribution < 1.29 is 28.6 Å². The predicted molar refractivity (Wildman–Crippen MR) is 155 cm³/mol. The second-order valence-electron chi connectivity index (χ2n) is 10.7. The Balaban J connectivity index is 5.19. The van der Waals surface area contributed by atoms with Crippen LogP contribution in [0, 0.1) is 5.41 Å². The number of unbranched alkanes of at least 4 members (excludes halogenated alkanes) is 16. The minimum Gasteiger partial charge on any atom is -0.464 e. The fourth-order valence-electron chi connectivity index (χ4n) is 4.51. The van der Waals surface area contributed by atoms with E-state index in [1.54, 1.807) is 0 Å². The van der Waals surface area contributed by atoms with Gasteiger partial charge in [0.2, 0.25) is 0 Å². The lowest BCUT2D eigenvalue weighted by Crippen LogP contribution is -2.49. The van der Waals surface area contributed by atoms with E-state index in [1.807, 2.05) is 6.92 Å². The largest absolute Gasteiger partial charge is 0.464 e. The second-order valence-corrected chi connectivity index (χ2v) is 10.7. The van der Waals surface area contributed by atoms with E-state index in [-0.39, 0.29) is 26.2 Å². The van der Waals surface area contributed by atoms with Crippen LogP contribution in [-0.4, -0.2) is 37.7 Å². The van der Waals surface area contributed by atoms with Crippen molar-refractivity contribution >= 4 is 17.9 Å². The molecule has 0 radical (unpaired) electrons. The molecule has 0 amide bonds. The molecule has 38 heavy (non-hydrogen) atoms. The maximum Gasteiger partial charge on any atom is 0.335 e. The van der Waals surface area contributed by atoms with Gasteiger partial charge in [0.25, 0.3) is 5.41 Å². The molecule has 6 heteroatoms. The Kier molecular flexibility index (Phi) is 24.6. The first kappa shape index (κ1) is 36.4. The number of carbonyl (C=O) groups is 3. The first-order valence-corrected chi connectivity index (χ1v) is 16.0. The third-order valence-corrected chi connectivity index (χ3v) is 7.14. The van der Waals surface area contributed by atoms with Gasteiger partial charge in [0.05, 0.1) is 19.8 Å². The Morgan fingerprint density at radius 2 is 0.658 bits per heavy atom. The number of ether oxygens (including phenoxy) is 3. The fourth-order valence-corrected chi connectivity index (χ4v) is 4.51. The highest BCUT2D eigenvalue weighted by molar-refractivity contribution is 6.17. The van der Waals surface area contributed by atoms with E-state index >= 15 is 0 Å². The first-order valence-electron chi connectivity index (χ1n) is 16.0. The number of carbonyl (C=O) groups excluding carboxylic acids is 3. The number of rotatable bonds is 27. The Bertz CT molecular complexity index is 514. The summed E-state index contributed by atoms with van der Waals surface area (Å²) in [5, 5.41) is 0. The van der Waals surface area contributed by atoms with E-state index in [4.69, 9.17) is 14.2 Å². The lowest BCUT2D eigenvalue weighted by molar-refractivity contribution is -0.185. The molecule has 0 heterocycles. The molecule has 0 aliphatic heterocycles. The maximum atomic E-state index is 13.4. The molecule has 0 spiro atoms. The summed E-state index contributed by atoms with van der Waals surface area (Å²) < 4.78 is 16.7. The van der Waals surface area contributed by atoms with Crippen LogP contribution < -0.4 is 0 Å². The van der Waals surface area contributed by atoms with Crippen LogP contribution in [0.4, 0.5) is 0 Å². The van der Waals surface area contributed by atoms with Crippen LogP contribution in [-0.2, 0) is 28.6 Å². The molecule has 0 aromatic carbocycles. The average molecular weight is 541 g/mol. The van der Waals surface area contributed by atoms with Gasteiger partial charge >= 0.3 is 17.9 Å². The van der Waals surface area contributed by atoms with Crippen molar-refractivity contribution in [3.05, 3.63) is 0 Å². The third kappa shape index (κ3) is 16.4. The molecule has 0 saturated heterocycles. The van der Waals surface area contributed by atoms with Crippen LogP contribution in [0.15, 0.2) is 0 Å². The summed E-state index contributed by atoms with van der Waals surface area (Å²) in [6.07, 6.45) is 20.3. The zero-order chi connectivity index (χ0) is 28.3. The Morgan fingerprint density at radius 3 is 0.947 bits per heavy atom. The molecular formula is C32H60O6. The highest BCUT2D eigenvalue weighted by atomic mass is 16.6. The zero-order valence-electron chi connectivity index (χ0n) is 25.4. The van der Waals surface area contributed by atoms with Crippen LogP contribution in [0.5, 0.6) is 0 Å². The summed E-state index contributed by atoms with van der Waals surface area (Å²) in [4.78, 5) is 40.1. The van der Waals surface area contributed by atoms with Gasteiger partial charge in [0, 0.05) is 0 Å². The van der Waals surface area contributed by atoms with Crippen molar-refractivity contribution in [3.8, 4) is 0 Å². The van der Waals surface area contributed by atoms with Gasteiger partial charge in [0.15, 0.2) is 0 Å². The van der Waals surface area contributed by atoms with Gasteiger partial charge in [0.1, 0.15) is 0 Å². The summed E-state index contributed by atoms with van der Waals surface area (Å²) >= 11 is 0. The molecular weight excluding hydrogens is 480 g/mol. The summed E-state index contributed by atoms with van der Waals surface area (Å²) in [6, 6.07) is 0. The highest BCUT2D eigenvalue weighted by Crippen LogP contribution is 2.31. The summed E-state index contributed by atoms with van der Waals surface area (Å²) in [7, 11) is 0. The molecule has 0 fully saturated rings. The van der Waals surface area contributed by atoms with Crippen molar-refractivity contribution in [1.29, 1.82) is 0 Å². The quantitative estimate of drug-likeness (QED) is 0.0448. The summed E-state index contributed by atoms with van der Waals surface area (Å²) in [6.45, 7) is 9.10. The standard InChI is InChI=1S/C32H60O6/c1-5-9-13-16-19-22-26-36-29(33)32(25-12-8-4,30(34)37-27-23-20-17-14-10-6-2)31(35)38-28-24-21-18-15-11-7-3/h5-28H2,1-4H3. The van der Waals surface area contributed by atoms with Crippen LogP contribution in [0.1, 0.15) is 163 Å². The zero-order valence-corrected chi connectivity index (χ0v) is 25.4. The van der Waals surface area contributed by atoms with Gasteiger partial charge in [-0.25, -0.2) is 0 Å². The van der Waals surface area contributed by atoms with Gasteiger partial charge in [-0.15, -0.1) is 0 Å². The van der Waals surface area contributed by atoms with Gasteiger partial charge < -0.3 is 14.2 Å². The SMILES string of the molecule is CCCCCCCCOC(=O)C(CCCC)(C(=O)OCCCCCCCC)C(=O)OCCCCCCCC. The normalized spacial score (nSPS) is 11.4. The maximum absolute atomic E-state index is 13.4. The van der Waals surface area contributed by atoms with Crippen molar-refractivity contribution in [2.75, 3.05) is 19.8 Å². The first-order chi connectivity index (χ1) is 18.5. The van der Waals surface area contributed by atoms with E-state index < -0.39 is 23.3 Å². The Morgan fingerprint density at radius 1 is 0.395 bits per heavy atom. The molecule has 0 aromatic rings. The van der Waals surface area contributed by atoms with E-state index in [0.29, 0.717) is 6.42 Å². The number of hydrogen-bond acceptors (Lipinski definition) is 6. The molecule has 0 unspecified atom stereocenters. The van der Waals surface area contributed by atoms with E-state index in [1.165, 1.54) is 57.8 Å². The summed E-state index contributed by atoms with van der Waals surface area (Å²) in [5.74, 6) is -2.42. The lowest BCUT2D eigenvalue weighted by Gasteiger charge is -2.27. The molecule has 0 aliphatic rings. The Hall–Kier alpha value is -1.59. The lowest BCUT2D eigenvalue weighted by atomic mass is 9.82. The molecule has 224 valence electrons. The van der Waals surface area contributed by atoms with Gasteiger partial charge in [-0.3, -0.25) is 14.4 Å². The molecule has 0 N–H and O–H groups in total. The van der Waals surface area contributed by atoms with Crippen molar-refractivity contribution in [2.24, 2.45) is 5.41 Å². The topological polar surface area (TPSA) is 78.9 Å². The van der Waals surface area contributed by atoms with E-state index in [9.17, 15) is 14.4 Å².